The summed E-state index contributed by atoms with van der Waals surface area (Å²) in [4.78, 5) is 34.1. The second kappa shape index (κ2) is 9.07. The van der Waals surface area contributed by atoms with Crippen molar-refractivity contribution in [3.05, 3.63) is 99.4 Å². The van der Waals surface area contributed by atoms with E-state index in [4.69, 9.17) is 4.98 Å². The minimum atomic E-state index is -0.453. The van der Waals surface area contributed by atoms with Gasteiger partial charge in [0.1, 0.15) is 0 Å². The zero-order chi connectivity index (χ0) is 22.7. The van der Waals surface area contributed by atoms with Crippen molar-refractivity contribution in [1.29, 1.82) is 0 Å². The summed E-state index contributed by atoms with van der Waals surface area (Å²) >= 11 is 1.47. The van der Waals surface area contributed by atoms with E-state index in [9.17, 15) is 14.9 Å². The van der Waals surface area contributed by atoms with Crippen LogP contribution in [-0.4, -0.2) is 20.8 Å². The Morgan fingerprint density at radius 1 is 1.16 bits per heavy atom. The number of hydrogen-bond acceptors (Lipinski definition) is 6. The molecule has 0 aliphatic carbocycles. The number of pyridine rings is 1. The standard InChI is InChI=1S/C24H20N4O3S/c1-16-5-11-21-23(17(16)2)26-24(32-21)27(15-19-4-3-13-25-14-19)22(29)12-8-18-6-9-20(10-7-18)28(30)31/h3-14H,15H2,1-2H3/b12-8-. The van der Waals surface area contributed by atoms with Gasteiger partial charge >= 0.3 is 0 Å². The van der Waals surface area contributed by atoms with Crippen molar-refractivity contribution in [2.45, 2.75) is 20.4 Å². The fourth-order valence-electron chi connectivity index (χ4n) is 3.21. The lowest BCUT2D eigenvalue weighted by atomic mass is 10.1. The van der Waals surface area contributed by atoms with Crippen molar-refractivity contribution in [2.24, 2.45) is 0 Å². The molecule has 4 aromatic rings. The molecule has 0 saturated carbocycles. The molecule has 7 nitrogen and oxygen atoms in total. The summed E-state index contributed by atoms with van der Waals surface area (Å²) in [5.41, 5.74) is 4.73. The van der Waals surface area contributed by atoms with Crippen molar-refractivity contribution >= 4 is 44.4 Å². The highest BCUT2D eigenvalue weighted by Gasteiger charge is 2.19. The summed E-state index contributed by atoms with van der Waals surface area (Å²) in [6, 6.07) is 13.9. The van der Waals surface area contributed by atoms with Crippen molar-refractivity contribution in [2.75, 3.05) is 4.90 Å². The molecule has 2 aromatic heterocycles. The second-order valence-electron chi connectivity index (χ2n) is 7.32. The maximum absolute atomic E-state index is 13.2. The molecule has 2 heterocycles. The number of fused-ring (bicyclic) bond motifs is 1. The molecule has 4 rings (SSSR count). The van der Waals surface area contributed by atoms with E-state index in [1.165, 1.54) is 29.5 Å². The largest absolute Gasteiger partial charge is 0.280 e. The third kappa shape index (κ3) is 4.55. The number of carbonyl (C=O) groups excluding carboxylic acids is 1. The van der Waals surface area contributed by atoms with Crippen molar-refractivity contribution in [3.8, 4) is 0 Å². The highest BCUT2D eigenvalue weighted by atomic mass is 32.1. The minimum absolute atomic E-state index is 0.00631. The van der Waals surface area contributed by atoms with E-state index in [-0.39, 0.29) is 11.6 Å². The van der Waals surface area contributed by atoms with Gasteiger partial charge in [-0.1, -0.05) is 23.5 Å². The number of nitro groups is 1. The van der Waals surface area contributed by atoms with Gasteiger partial charge in [-0.3, -0.25) is 24.8 Å². The predicted octanol–water partition coefficient (Wildman–Crippen LogP) is 5.46. The number of aryl methyl sites for hydroxylation is 2. The van der Waals surface area contributed by atoms with Gasteiger partial charge in [-0.25, -0.2) is 4.98 Å². The first-order valence-electron chi connectivity index (χ1n) is 9.92. The van der Waals surface area contributed by atoms with Crippen molar-refractivity contribution in [1.82, 2.24) is 9.97 Å². The van der Waals surface area contributed by atoms with Gasteiger partial charge in [0.25, 0.3) is 11.6 Å². The first-order valence-corrected chi connectivity index (χ1v) is 10.7. The Hall–Kier alpha value is -3.91. The molecule has 0 N–H and O–H groups in total. The smallest absolute Gasteiger partial charge is 0.269 e. The van der Waals surface area contributed by atoms with Crippen LogP contribution in [-0.2, 0) is 11.3 Å². The first-order chi connectivity index (χ1) is 15.4. The average Bonchev–Trinajstić information content (AvgIpc) is 3.24. The molecule has 1 amide bonds. The molecule has 0 spiro atoms. The maximum atomic E-state index is 13.2. The number of amides is 1. The molecule has 0 bridgehead atoms. The van der Waals surface area contributed by atoms with E-state index in [1.54, 1.807) is 35.5 Å². The van der Waals surface area contributed by atoms with Crippen LogP contribution in [0.25, 0.3) is 16.3 Å². The zero-order valence-electron chi connectivity index (χ0n) is 17.6. The van der Waals surface area contributed by atoms with Gasteiger partial charge in [0.15, 0.2) is 5.13 Å². The number of nitrogens with zero attached hydrogens (tertiary/aromatic N) is 4. The number of nitro benzene ring substituents is 1. The van der Waals surface area contributed by atoms with E-state index in [1.807, 2.05) is 32.0 Å². The highest BCUT2D eigenvalue weighted by Crippen LogP contribution is 2.33. The van der Waals surface area contributed by atoms with Gasteiger partial charge in [0.2, 0.25) is 0 Å². The van der Waals surface area contributed by atoms with Gasteiger partial charge in [0.05, 0.1) is 21.7 Å². The Kier molecular flexibility index (Phi) is 6.04. The maximum Gasteiger partial charge on any atom is 0.269 e. The molecule has 160 valence electrons. The van der Waals surface area contributed by atoms with Crippen LogP contribution >= 0.6 is 11.3 Å². The fourth-order valence-corrected chi connectivity index (χ4v) is 4.24. The second-order valence-corrected chi connectivity index (χ2v) is 8.33. The number of carbonyl (C=O) groups is 1. The van der Waals surface area contributed by atoms with Crippen LogP contribution in [0.1, 0.15) is 22.3 Å². The Morgan fingerprint density at radius 3 is 2.62 bits per heavy atom. The number of anilines is 1. The third-order valence-corrected chi connectivity index (χ3v) is 6.20. The summed E-state index contributed by atoms with van der Waals surface area (Å²) in [6.07, 6.45) is 6.52. The molecule has 0 radical (unpaired) electrons. The Labute approximate surface area is 188 Å². The van der Waals surface area contributed by atoms with E-state index in [2.05, 4.69) is 11.1 Å². The zero-order valence-corrected chi connectivity index (χ0v) is 18.4. The van der Waals surface area contributed by atoms with Crippen LogP contribution in [0.2, 0.25) is 0 Å². The van der Waals surface area contributed by atoms with Crippen LogP contribution in [0.5, 0.6) is 0 Å². The third-order valence-electron chi connectivity index (χ3n) is 5.16. The molecule has 0 unspecified atom stereocenters. The van der Waals surface area contributed by atoms with Crippen LogP contribution in [0.4, 0.5) is 10.8 Å². The SMILES string of the molecule is Cc1ccc2sc(N(Cc3cccnc3)C(=O)/C=C\c3ccc([N+](=O)[O-])cc3)nc2c1C. The molecule has 32 heavy (non-hydrogen) atoms. The number of hydrogen-bond donors (Lipinski definition) is 0. The van der Waals surface area contributed by atoms with E-state index >= 15 is 0 Å². The number of non-ortho nitro benzene ring substituents is 1. The quantitative estimate of drug-likeness (QED) is 0.224. The summed E-state index contributed by atoms with van der Waals surface area (Å²) in [7, 11) is 0. The van der Waals surface area contributed by atoms with E-state index < -0.39 is 4.92 Å². The summed E-state index contributed by atoms with van der Waals surface area (Å²) in [5, 5.41) is 11.4. The van der Waals surface area contributed by atoms with Crippen LogP contribution in [0.15, 0.2) is 67.0 Å². The molecule has 0 fully saturated rings. The van der Waals surface area contributed by atoms with Gasteiger partial charge in [-0.05, 0) is 66.4 Å². The number of aromatic nitrogens is 2. The number of rotatable bonds is 6. The Balaban J connectivity index is 1.66. The minimum Gasteiger partial charge on any atom is -0.280 e. The van der Waals surface area contributed by atoms with E-state index in [0.29, 0.717) is 17.2 Å². The molecule has 2 aromatic carbocycles. The Morgan fingerprint density at radius 2 is 1.94 bits per heavy atom. The summed E-state index contributed by atoms with van der Waals surface area (Å²) in [6.45, 7) is 4.40. The lowest BCUT2D eigenvalue weighted by Gasteiger charge is -2.18. The fraction of sp³-hybridized carbons (Fsp3) is 0.125. The lowest BCUT2D eigenvalue weighted by Crippen LogP contribution is -2.28. The van der Waals surface area contributed by atoms with Crippen LogP contribution in [0, 0.1) is 24.0 Å². The number of benzene rings is 2. The normalized spacial score (nSPS) is 11.2. The summed E-state index contributed by atoms with van der Waals surface area (Å²) in [5.74, 6) is -0.236. The van der Waals surface area contributed by atoms with Crippen LogP contribution in [0.3, 0.4) is 0 Å². The summed E-state index contributed by atoms with van der Waals surface area (Å²) < 4.78 is 1.02. The Bertz CT molecular complexity index is 1310. The molecule has 0 atom stereocenters. The monoisotopic (exact) mass is 444 g/mol. The highest BCUT2D eigenvalue weighted by molar-refractivity contribution is 7.22. The van der Waals surface area contributed by atoms with Gasteiger partial charge < -0.3 is 0 Å². The van der Waals surface area contributed by atoms with E-state index in [0.717, 1.165) is 26.9 Å². The van der Waals surface area contributed by atoms with Crippen molar-refractivity contribution in [3.63, 3.8) is 0 Å². The topological polar surface area (TPSA) is 89.2 Å². The predicted molar refractivity (Wildman–Crippen MR) is 127 cm³/mol. The molecule has 8 heteroatoms. The van der Waals surface area contributed by atoms with Gasteiger partial charge in [-0.2, -0.15) is 0 Å². The molecule has 0 saturated heterocycles. The van der Waals surface area contributed by atoms with Gasteiger partial charge in [-0.15, -0.1) is 0 Å². The van der Waals surface area contributed by atoms with Crippen LogP contribution < -0.4 is 4.90 Å². The molecule has 0 aliphatic rings. The first kappa shape index (κ1) is 21.3. The number of thiazole rings is 1. The molecular formula is C24H20N4O3S. The average molecular weight is 445 g/mol. The van der Waals surface area contributed by atoms with Gasteiger partial charge in [0, 0.05) is 30.6 Å². The lowest BCUT2D eigenvalue weighted by molar-refractivity contribution is -0.384. The molecular weight excluding hydrogens is 424 g/mol. The molecule has 0 aliphatic heterocycles. The van der Waals surface area contributed by atoms with Crippen molar-refractivity contribution < 1.29 is 9.72 Å².